The van der Waals surface area contributed by atoms with Crippen LogP contribution in [-0.2, 0) is 4.79 Å². The molecule has 0 aliphatic carbocycles. The van der Waals surface area contributed by atoms with Gasteiger partial charge in [0, 0.05) is 32.6 Å². The second kappa shape index (κ2) is 6.33. The van der Waals surface area contributed by atoms with Crippen LogP contribution in [0.4, 0.5) is 11.5 Å². The van der Waals surface area contributed by atoms with E-state index < -0.39 is 0 Å². The van der Waals surface area contributed by atoms with Crippen molar-refractivity contribution in [3.8, 4) is 0 Å². The van der Waals surface area contributed by atoms with Crippen molar-refractivity contribution in [3.05, 3.63) is 18.3 Å². The maximum atomic E-state index is 12.3. The van der Waals surface area contributed by atoms with Crippen LogP contribution in [0.3, 0.4) is 0 Å². The third kappa shape index (κ3) is 4.62. The summed E-state index contributed by atoms with van der Waals surface area (Å²) in [5.74, 6) is 1.20. The molecule has 1 aromatic heterocycles. The van der Waals surface area contributed by atoms with E-state index in [1.54, 1.807) is 6.20 Å². The molecule has 5 nitrogen and oxygen atoms in total. The van der Waals surface area contributed by atoms with E-state index in [0.717, 1.165) is 38.4 Å². The van der Waals surface area contributed by atoms with Gasteiger partial charge in [0.25, 0.3) is 0 Å². The van der Waals surface area contributed by atoms with Crippen molar-refractivity contribution < 1.29 is 4.79 Å². The highest BCUT2D eigenvalue weighted by molar-refractivity contribution is 5.77. The Bertz CT molecular complexity index is 478. The summed E-state index contributed by atoms with van der Waals surface area (Å²) < 4.78 is 0. The van der Waals surface area contributed by atoms with Crippen LogP contribution in [0.5, 0.6) is 0 Å². The fraction of sp³-hybridized carbons (Fsp3) is 0.625. The summed E-state index contributed by atoms with van der Waals surface area (Å²) in [6.07, 6.45) is 3.26. The zero-order valence-electron chi connectivity index (χ0n) is 13.3. The highest BCUT2D eigenvalue weighted by Gasteiger charge is 2.23. The standard InChI is InChI=1S/C16H26N4O/c1-16(2,3)11-15(21)20-8-4-7-19(9-10-20)14-6-5-13(17)12-18-14/h5-6,12H,4,7-11,17H2,1-3H3. The topological polar surface area (TPSA) is 62.5 Å². The molecular formula is C16H26N4O. The number of amides is 1. The van der Waals surface area contributed by atoms with Gasteiger partial charge in [-0.15, -0.1) is 0 Å². The SMILES string of the molecule is CC(C)(C)CC(=O)N1CCCN(c2ccc(N)cn2)CC1. The van der Waals surface area contributed by atoms with Crippen LogP contribution in [-0.4, -0.2) is 42.0 Å². The molecule has 1 saturated heterocycles. The molecule has 0 atom stereocenters. The van der Waals surface area contributed by atoms with Gasteiger partial charge in [0.15, 0.2) is 0 Å². The van der Waals surface area contributed by atoms with E-state index in [-0.39, 0.29) is 11.3 Å². The van der Waals surface area contributed by atoms with Gasteiger partial charge in [0.1, 0.15) is 5.82 Å². The minimum absolute atomic E-state index is 0.0432. The van der Waals surface area contributed by atoms with Crippen molar-refractivity contribution in [3.63, 3.8) is 0 Å². The first-order valence-corrected chi connectivity index (χ1v) is 7.59. The van der Waals surface area contributed by atoms with Crippen molar-refractivity contribution in [1.29, 1.82) is 0 Å². The van der Waals surface area contributed by atoms with E-state index in [1.165, 1.54) is 0 Å². The lowest BCUT2D eigenvalue weighted by Crippen LogP contribution is -2.37. The van der Waals surface area contributed by atoms with Crippen molar-refractivity contribution in [1.82, 2.24) is 9.88 Å². The summed E-state index contributed by atoms with van der Waals surface area (Å²) in [6, 6.07) is 3.82. The predicted molar refractivity (Wildman–Crippen MR) is 86.1 cm³/mol. The molecule has 0 aromatic carbocycles. The first kappa shape index (κ1) is 15.6. The molecule has 2 rings (SSSR count). The van der Waals surface area contributed by atoms with Gasteiger partial charge >= 0.3 is 0 Å². The Labute approximate surface area is 127 Å². The van der Waals surface area contributed by atoms with E-state index in [4.69, 9.17) is 5.73 Å². The van der Waals surface area contributed by atoms with Gasteiger partial charge in [-0.1, -0.05) is 20.8 Å². The molecular weight excluding hydrogens is 264 g/mol. The highest BCUT2D eigenvalue weighted by Crippen LogP contribution is 2.21. The number of anilines is 2. The number of carbonyl (C=O) groups excluding carboxylic acids is 1. The van der Waals surface area contributed by atoms with Crippen LogP contribution in [0.1, 0.15) is 33.6 Å². The van der Waals surface area contributed by atoms with Crippen molar-refractivity contribution in [2.45, 2.75) is 33.6 Å². The molecule has 116 valence electrons. The first-order valence-electron chi connectivity index (χ1n) is 7.59. The lowest BCUT2D eigenvalue weighted by Gasteiger charge is -2.26. The van der Waals surface area contributed by atoms with Crippen molar-refractivity contribution >= 4 is 17.4 Å². The summed E-state index contributed by atoms with van der Waals surface area (Å²) in [6.45, 7) is 9.67. The Morgan fingerprint density at radius 1 is 1.24 bits per heavy atom. The van der Waals surface area contributed by atoms with Gasteiger partial charge in [0.05, 0.1) is 11.9 Å². The number of pyridine rings is 1. The number of nitrogen functional groups attached to an aromatic ring is 1. The molecule has 0 saturated carbocycles. The number of nitrogens with two attached hydrogens (primary N) is 1. The molecule has 2 N–H and O–H groups in total. The van der Waals surface area contributed by atoms with Gasteiger partial charge in [-0.3, -0.25) is 4.79 Å². The molecule has 2 heterocycles. The number of aromatic nitrogens is 1. The number of carbonyl (C=O) groups is 1. The summed E-state index contributed by atoms with van der Waals surface area (Å²) in [5.41, 5.74) is 6.39. The largest absolute Gasteiger partial charge is 0.397 e. The molecule has 0 radical (unpaired) electrons. The van der Waals surface area contributed by atoms with E-state index >= 15 is 0 Å². The van der Waals surface area contributed by atoms with Gasteiger partial charge in [-0.2, -0.15) is 0 Å². The molecule has 1 aliphatic heterocycles. The Balaban J connectivity index is 1.95. The fourth-order valence-corrected chi connectivity index (χ4v) is 2.55. The number of rotatable bonds is 2. The van der Waals surface area contributed by atoms with E-state index in [9.17, 15) is 4.79 Å². The fourth-order valence-electron chi connectivity index (χ4n) is 2.55. The average Bonchev–Trinajstić information content (AvgIpc) is 2.63. The van der Waals surface area contributed by atoms with Crippen molar-refractivity contribution in [2.24, 2.45) is 5.41 Å². The molecule has 0 bridgehead atoms. The van der Waals surface area contributed by atoms with Gasteiger partial charge in [-0.05, 0) is 24.0 Å². The molecule has 5 heteroatoms. The van der Waals surface area contributed by atoms with Gasteiger partial charge in [0.2, 0.25) is 5.91 Å². The minimum Gasteiger partial charge on any atom is -0.397 e. The van der Waals surface area contributed by atoms with Crippen LogP contribution in [0, 0.1) is 5.41 Å². The van der Waals surface area contributed by atoms with Crippen LogP contribution in [0.2, 0.25) is 0 Å². The molecule has 1 fully saturated rings. The number of hydrogen-bond donors (Lipinski definition) is 1. The smallest absolute Gasteiger partial charge is 0.223 e. The lowest BCUT2D eigenvalue weighted by atomic mass is 9.91. The lowest BCUT2D eigenvalue weighted by molar-refractivity contribution is -0.132. The molecule has 0 spiro atoms. The molecule has 0 unspecified atom stereocenters. The maximum Gasteiger partial charge on any atom is 0.223 e. The first-order chi connectivity index (χ1) is 9.85. The molecule has 21 heavy (non-hydrogen) atoms. The number of nitrogens with zero attached hydrogens (tertiary/aromatic N) is 3. The van der Waals surface area contributed by atoms with E-state index in [1.807, 2.05) is 17.0 Å². The van der Waals surface area contributed by atoms with Crippen LogP contribution in [0.15, 0.2) is 18.3 Å². The molecule has 1 aromatic rings. The quantitative estimate of drug-likeness (QED) is 0.906. The summed E-state index contributed by atoms with van der Waals surface area (Å²) >= 11 is 0. The molecule has 1 amide bonds. The average molecular weight is 290 g/mol. The third-order valence-electron chi connectivity index (χ3n) is 3.62. The Hall–Kier alpha value is -1.78. The summed E-state index contributed by atoms with van der Waals surface area (Å²) in [7, 11) is 0. The normalized spacial score (nSPS) is 16.7. The zero-order valence-corrected chi connectivity index (χ0v) is 13.3. The van der Waals surface area contributed by atoms with Crippen LogP contribution >= 0.6 is 0 Å². The van der Waals surface area contributed by atoms with Gasteiger partial charge in [-0.25, -0.2) is 4.98 Å². The van der Waals surface area contributed by atoms with Crippen LogP contribution in [0.25, 0.3) is 0 Å². The monoisotopic (exact) mass is 290 g/mol. The van der Waals surface area contributed by atoms with E-state index in [0.29, 0.717) is 12.1 Å². The Kier molecular flexibility index (Phi) is 4.70. The van der Waals surface area contributed by atoms with Crippen LogP contribution < -0.4 is 10.6 Å². The maximum absolute atomic E-state index is 12.3. The summed E-state index contributed by atoms with van der Waals surface area (Å²) in [4.78, 5) is 20.9. The highest BCUT2D eigenvalue weighted by atomic mass is 16.2. The van der Waals surface area contributed by atoms with E-state index in [2.05, 4.69) is 30.7 Å². The zero-order chi connectivity index (χ0) is 15.5. The van der Waals surface area contributed by atoms with Crippen molar-refractivity contribution in [2.75, 3.05) is 36.8 Å². The second-order valence-corrected chi connectivity index (χ2v) is 6.91. The second-order valence-electron chi connectivity index (χ2n) is 6.91. The Morgan fingerprint density at radius 2 is 2.00 bits per heavy atom. The third-order valence-corrected chi connectivity index (χ3v) is 3.62. The number of hydrogen-bond acceptors (Lipinski definition) is 4. The molecule has 1 aliphatic rings. The van der Waals surface area contributed by atoms with Gasteiger partial charge < -0.3 is 15.5 Å². The minimum atomic E-state index is 0.0432. The summed E-state index contributed by atoms with van der Waals surface area (Å²) in [5, 5.41) is 0. The predicted octanol–water partition coefficient (Wildman–Crippen LogP) is 2.14. The Morgan fingerprint density at radius 3 is 2.62 bits per heavy atom.